The van der Waals surface area contributed by atoms with Gasteiger partial charge in [0.15, 0.2) is 11.5 Å². The van der Waals surface area contributed by atoms with Crippen molar-refractivity contribution < 1.29 is 19.1 Å². The molecule has 2 N–H and O–H groups in total. The molecular formula is C22H24ClN5O4. The van der Waals surface area contributed by atoms with Crippen LogP contribution in [0, 0.1) is 0 Å². The third kappa shape index (κ3) is 5.55. The molecule has 1 heterocycles. The van der Waals surface area contributed by atoms with E-state index in [0.29, 0.717) is 40.1 Å². The summed E-state index contributed by atoms with van der Waals surface area (Å²) < 4.78 is 12.4. The Bertz CT molecular complexity index is 1070. The molecule has 9 nitrogen and oxygen atoms in total. The number of anilines is 2. The van der Waals surface area contributed by atoms with Gasteiger partial charge in [0, 0.05) is 16.9 Å². The van der Waals surface area contributed by atoms with Crippen LogP contribution in [-0.2, 0) is 4.79 Å². The highest BCUT2D eigenvalue weighted by atomic mass is 35.5. The smallest absolute Gasteiger partial charge is 0.255 e. The van der Waals surface area contributed by atoms with E-state index in [9.17, 15) is 9.59 Å². The summed E-state index contributed by atoms with van der Waals surface area (Å²) in [5.74, 6) is 0.201. The molecule has 2 aromatic carbocycles. The maximum Gasteiger partial charge on any atom is 0.255 e. The van der Waals surface area contributed by atoms with Crippen molar-refractivity contribution in [2.45, 2.75) is 26.3 Å². The summed E-state index contributed by atoms with van der Waals surface area (Å²) in [6, 6.07) is 9.35. The maximum absolute atomic E-state index is 12.7. The summed E-state index contributed by atoms with van der Waals surface area (Å²) in [5, 5.41) is 9.85. The second-order valence-electron chi connectivity index (χ2n) is 6.91. The van der Waals surface area contributed by atoms with E-state index in [1.807, 2.05) is 6.92 Å². The van der Waals surface area contributed by atoms with E-state index in [2.05, 4.69) is 20.7 Å². The molecule has 1 aromatic heterocycles. The number of benzene rings is 2. The SMILES string of the molecule is CCCOc1c(Cl)cc(C(=O)Nc2ccc(NC(=O)C(C)n3cncn3)cc2)cc1OC. The minimum Gasteiger partial charge on any atom is -0.493 e. The molecule has 0 bridgehead atoms. The number of amides is 2. The summed E-state index contributed by atoms with van der Waals surface area (Å²) in [4.78, 5) is 28.9. The van der Waals surface area contributed by atoms with Gasteiger partial charge >= 0.3 is 0 Å². The first kappa shape index (κ1) is 23.1. The average Bonchev–Trinajstić information content (AvgIpc) is 3.33. The summed E-state index contributed by atoms with van der Waals surface area (Å²) >= 11 is 6.29. The van der Waals surface area contributed by atoms with Gasteiger partial charge < -0.3 is 20.1 Å². The first-order chi connectivity index (χ1) is 15.4. The number of hydrogen-bond acceptors (Lipinski definition) is 6. The third-order valence-corrected chi connectivity index (χ3v) is 4.85. The zero-order valence-electron chi connectivity index (χ0n) is 18.0. The second-order valence-corrected chi connectivity index (χ2v) is 7.32. The van der Waals surface area contributed by atoms with Gasteiger partial charge in [-0.2, -0.15) is 5.10 Å². The molecule has 0 saturated heterocycles. The molecule has 10 heteroatoms. The van der Waals surface area contributed by atoms with Crippen LogP contribution in [0.25, 0.3) is 0 Å². The monoisotopic (exact) mass is 457 g/mol. The van der Waals surface area contributed by atoms with Crippen molar-refractivity contribution in [3.8, 4) is 11.5 Å². The molecule has 32 heavy (non-hydrogen) atoms. The quantitative estimate of drug-likeness (QED) is 0.499. The van der Waals surface area contributed by atoms with Gasteiger partial charge in [-0.05, 0) is 49.7 Å². The number of halogens is 1. The Balaban J connectivity index is 1.65. The van der Waals surface area contributed by atoms with Crippen molar-refractivity contribution in [2.24, 2.45) is 0 Å². The standard InChI is InChI=1S/C22H24ClN5O4/c1-4-9-32-20-18(23)10-15(11-19(20)31-3)22(30)27-17-7-5-16(6-8-17)26-21(29)14(2)28-13-24-12-25-28/h5-8,10-14H,4,9H2,1-3H3,(H,26,29)(H,27,30). The van der Waals surface area contributed by atoms with Gasteiger partial charge in [0.1, 0.15) is 18.7 Å². The molecular weight excluding hydrogens is 434 g/mol. The minimum absolute atomic E-state index is 0.237. The number of carbonyl (C=O) groups excluding carboxylic acids is 2. The van der Waals surface area contributed by atoms with Gasteiger partial charge in [-0.25, -0.2) is 9.67 Å². The predicted molar refractivity (Wildman–Crippen MR) is 122 cm³/mol. The number of methoxy groups -OCH3 is 1. The Morgan fingerprint density at radius 2 is 1.84 bits per heavy atom. The maximum atomic E-state index is 12.7. The molecule has 0 aliphatic heterocycles. The summed E-state index contributed by atoms with van der Waals surface area (Å²) in [6.45, 7) is 4.19. The van der Waals surface area contributed by atoms with Gasteiger partial charge in [-0.1, -0.05) is 18.5 Å². The van der Waals surface area contributed by atoms with E-state index in [0.717, 1.165) is 6.42 Å². The number of rotatable bonds is 9. The molecule has 0 radical (unpaired) electrons. The molecule has 1 unspecified atom stereocenters. The van der Waals surface area contributed by atoms with Crippen molar-refractivity contribution in [1.29, 1.82) is 0 Å². The number of ether oxygens (including phenoxy) is 2. The fraction of sp³-hybridized carbons (Fsp3) is 0.273. The number of nitrogens with one attached hydrogen (secondary N) is 2. The molecule has 0 spiro atoms. The minimum atomic E-state index is -0.513. The van der Waals surface area contributed by atoms with Crippen LogP contribution < -0.4 is 20.1 Å². The highest BCUT2D eigenvalue weighted by Crippen LogP contribution is 2.36. The molecule has 168 valence electrons. The Kier molecular flexibility index (Phi) is 7.67. The van der Waals surface area contributed by atoms with Gasteiger partial charge in [0.25, 0.3) is 5.91 Å². The topological polar surface area (TPSA) is 107 Å². The Morgan fingerprint density at radius 3 is 2.44 bits per heavy atom. The van der Waals surface area contributed by atoms with E-state index in [4.69, 9.17) is 21.1 Å². The molecule has 0 aliphatic rings. The first-order valence-corrected chi connectivity index (χ1v) is 10.4. The number of hydrogen-bond donors (Lipinski definition) is 2. The lowest BCUT2D eigenvalue weighted by Gasteiger charge is -2.14. The van der Waals surface area contributed by atoms with Crippen LogP contribution in [-0.4, -0.2) is 40.3 Å². The van der Waals surface area contributed by atoms with Crippen molar-refractivity contribution in [2.75, 3.05) is 24.4 Å². The van der Waals surface area contributed by atoms with Crippen LogP contribution >= 0.6 is 11.6 Å². The fourth-order valence-electron chi connectivity index (χ4n) is 2.82. The van der Waals surface area contributed by atoms with Gasteiger partial charge in [-0.15, -0.1) is 0 Å². The Hall–Kier alpha value is -3.59. The third-order valence-electron chi connectivity index (χ3n) is 4.57. The van der Waals surface area contributed by atoms with Crippen LogP contribution in [0.3, 0.4) is 0 Å². The fourth-order valence-corrected chi connectivity index (χ4v) is 3.08. The average molecular weight is 458 g/mol. The van der Waals surface area contributed by atoms with E-state index in [1.54, 1.807) is 37.3 Å². The van der Waals surface area contributed by atoms with E-state index in [-0.39, 0.29) is 11.8 Å². The molecule has 3 rings (SSSR count). The molecule has 3 aromatic rings. The number of carbonyl (C=O) groups is 2. The van der Waals surface area contributed by atoms with Crippen LogP contribution in [0.1, 0.15) is 36.7 Å². The zero-order valence-corrected chi connectivity index (χ0v) is 18.7. The largest absolute Gasteiger partial charge is 0.493 e. The summed E-state index contributed by atoms with van der Waals surface area (Å²) in [7, 11) is 1.49. The number of aromatic nitrogens is 3. The Labute approximate surface area is 190 Å². The molecule has 0 aliphatic carbocycles. The van der Waals surface area contributed by atoms with Crippen molar-refractivity contribution >= 4 is 34.8 Å². The van der Waals surface area contributed by atoms with Gasteiger partial charge in [0.2, 0.25) is 5.91 Å². The summed E-state index contributed by atoms with van der Waals surface area (Å²) in [6.07, 6.45) is 3.67. The van der Waals surface area contributed by atoms with Crippen molar-refractivity contribution in [3.05, 3.63) is 59.6 Å². The second kappa shape index (κ2) is 10.6. The molecule has 0 saturated carbocycles. The van der Waals surface area contributed by atoms with Crippen LogP contribution in [0.15, 0.2) is 49.1 Å². The first-order valence-electron chi connectivity index (χ1n) is 9.99. The molecule has 2 amide bonds. The Morgan fingerprint density at radius 1 is 1.16 bits per heavy atom. The van der Waals surface area contributed by atoms with Crippen LogP contribution in [0.2, 0.25) is 5.02 Å². The van der Waals surface area contributed by atoms with Crippen LogP contribution in [0.5, 0.6) is 11.5 Å². The number of nitrogens with zero attached hydrogens (tertiary/aromatic N) is 3. The van der Waals surface area contributed by atoms with E-state index >= 15 is 0 Å². The van der Waals surface area contributed by atoms with E-state index < -0.39 is 6.04 Å². The predicted octanol–water partition coefficient (Wildman–Crippen LogP) is 4.18. The lowest BCUT2D eigenvalue weighted by atomic mass is 10.1. The molecule has 1 atom stereocenters. The van der Waals surface area contributed by atoms with Gasteiger partial charge in [0.05, 0.1) is 18.7 Å². The highest BCUT2D eigenvalue weighted by Gasteiger charge is 2.17. The van der Waals surface area contributed by atoms with Gasteiger partial charge in [-0.3, -0.25) is 9.59 Å². The van der Waals surface area contributed by atoms with Crippen LogP contribution in [0.4, 0.5) is 11.4 Å². The summed E-state index contributed by atoms with van der Waals surface area (Å²) in [5.41, 5.74) is 1.47. The zero-order chi connectivity index (χ0) is 23.1. The normalized spacial score (nSPS) is 11.5. The highest BCUT2D eigenvalue weighted by molar-refractivity contribution is 6.32. The molecule has 0 fully saturated rings. The lowest BCUT2D eigenvalue weighted by molar-refractivity contribution is -0.119. The van der Waals surface area contributed by atoms with Crippen molar-refractivity contribution in [3.63, 3.8) is 0 Å². The van der Waals surface area contributed by atoms with Crippen molar-refractivity contribution in [1.82, 2.24) is 14.8 Å². The van der Waals surface area contributed by atoms with E-state index in [1.165, 1.54) is 30.5 Å². The lowest BCUT2D eigenvalue weighted by Crippen LogP contribution is -2.24.